The Morgan fingerprint density at radius 2 is 2.09 bits per heavy atom. The molecule has 3 heterocycles. The number of carbonyl (C=O) groups is 2. The number of halogens is 1. The average molecular weight is 537 g/mol. The van der Waals surface area contributed by atoms with Crippen molar-refractivity contribution in [1.29, 1.82) is 0 Å². The summed E-state index contributed by atoms with van der Waals surface area (Å²) in [5.74, 6) is -0.165. The lowest BCUT2D eigenvalue weighted by Crippen LogP contribution is -2.29. The third kappa shape index (κ3) is 6.48. The van der Waals surface area contributed by atoms with Gasteiger partial charge in [-0.2, -0.15) is 0 Å². The van der Waals surface area contributed by atoms with Crippen LogP contribution in [0.1, 0.15) is 23.3 Å². The summed E-state index contributed by atoms with van der Waals surface area (Å²) in [6.07, 6.45) is 2.53. The van der Waals surface area contributed by atoms with Gasteiger partial charge in [0.2, 0.25) is 11.0 Å². The zero-order valence-corrected chi connectivity index (χ0v) is 21.1. The second-order valence-corrected chi connectivity index (χ2v) is 11.6. The van der Waals surface area contributed by atoms with E-state index in [9.17, 15) is 14.0 Å². The van der Waals surface area contributed by atoms with E-state index in [-0.39, 0.29) is 24.1 Å². The van der Waals surface area contributed by atoms with Crippen LogP contribution in [0.3, 0.4) is 0 Å². The number of hydrogen-bond donors (Lipinski definition) is 1. The van der Waals surface area contributed by atoms with Crippen molar-refractivity contribution in [2.24, 2.45) is 0 Å². The van der Waals surface area contributed by atoms with Gasteiger partial charge in [0.05, 0.1) is 4.91 Å². The summed E-state index contributed by atoms with van der Waals surface area (Å²) in [5, 5.41) is 13.1. The monoisotopic (exact) mass is 536 g/mol. The van der Waals surface area contributed by atoms with E-state index < -0.39 is 0 Å². The smallest absolute Gasteiger partial charge is 0.266 e. The molecular formula is C21H17FN4O2S5. The maximum Gasteiger partial charge on any atom is 0.266 e. The predicted molar refractivity (Wildman–Crippen MR) is 138 cm³/mol. The van der Waals surface area contributed by atoms with Gasteiger partial charge in [0.25, 0.3) is 5.91 Å². The van der Waals surface area contributed by atoms with Crippen molar-refractivity contribution in [2.75, 3.05) is 11.9 Å². The predicted octanol–water partition coefficient (Wildman–Crippen LogP) is 5.65. The number of rotatable bonds is 9. The molecule has 1 aromatic carbocycles. The standard InChI is InChI=1S/C21H17FN4O2S5/c22-15-7-2-1-5-13(15)12-31-20-25-24-19(33-20)23-17(27)8-3-9-26-18(28)16(32-21(26)29)11-14-6-4-10-30-14/h1-2,4-7,10-11H,3,8-9,12H2,(H,23,24,27)/b16-11-. The van der Waals surface area contributed by atoms with Crippen LogP contribution >= 0.6 is 58.4 Å². The van der Waals surface area contributed by atoms with Crippen molar-refractivity contribution in [2.45, 2.75) is 22.9 Å². The summed E-state index contributed by atoms with van der Waals surface area (Å²) in [4.78, 5) is 28.0. The molecule has 33 heavy (non-hydrogen) atoms. The van der Waals surface area contributed by atoms with Crippen molar-refractivity contribution >= 4 is 85.8 Å². The van der Waals surface area contributed by atoms with Crippen molar-refractivity contribution in [1.82, 2.24) is 15.1 Å². The molecule has 12 heteroatoms. The van der Waals surface area contributed by atoms with Crippen LogP contribution < -0.4 is 5.32 Å². The zero-order valence-electron chi connectivity index (χ0n) is 17.0. The molecule has 3 aromatic rings. The lowest BCUT2D eigenvalue weighted by atomic mass is 10.2. The van der Waals surface area contributed by atoms with Crippen LogP contribution in [0.15, 0.2) is 51.0 Å². The minimum atomic E-state index is -0.258. The van der Waals surface area contributed by atoms with Crippen LogP contribution in [0, 0.1) is 5.82 Å². The summed E-state index contributed by atoms with van der Waals surface area (Å²) >= 11 is 10.8. The molecule has 1 fully saturated rings. The van der Waals surface area contributed by atoms with E-state index in [0.29, 0.717) is 43.0 Å². The number of thiocarbonyl (C=S) groups is 1. The van der Waals surface area contributed by atoms with Crippen LogP contribution in [0.25, 0.3) is 6.08 Å². The van der Waals surface area contributed by atoms with Gasteiger partial charge in [-0.3, -0.25) is 14.5 Å². The van der Waals surface area contributed by atoms with Gasteiger partial charge in [-0.1, -0.05) is 71.3 Å². The van der Waals surface area contributed by atoms with E-state index in [1.165, 1.54) is 45.8 Å². The van der Waals surface area contributed by atoms with Gasteiger partial charge in [0, 0.05) is 23.6 Å². The van der Waals surface area contributed by atoms with Crippen LogP contribution in [-0.2, 0) is 15.3 Å². The maximum atomic E-state index is 13.7. The molecular weight excluding hydrogens is 520 g/mol. The number of hydrogen-bond acceptors (Lipinski definition) is 9. The molecule has 0 bridgehead atoms. The highest BCUT2D eigenvalue weighted by molar-refractivity contribution is 8.26. The lowest BCUT2D eigenvalue weighted by Gasteiger charge is -2.13. The number of thioether (sulfide) groups is 2. The first kappa shape index (κ1) is 24.0. The van der Waals surface area contributed by atoms with Gasteiger partial charge in [0.1, 0.15) is 10.1 Å². The van der Waals surface area contributed by atoms with Gasteiger partial charge in [0.15, 0.2) is 4.34 Å². The Morgan fingerprint density at radius 3 is 2.88 bits per heavy atom. The molecule has 2 amide bonds. The number of carbonyl (C=O) groups excluding carboxylic acids is 2. The summed E-state index contributed by atoms with van der Waals surface area (Å²) < 4.78 is 14.9. The fourth-order valence-electron chi connectivity index (χ4n) is 2.85. The Balaban J connectivity index is 1.22. The molecule has 170 valence electrons. The average Bonchev–Trinajstić information content (AvgIpc) is 3.52. The van der Waals surface area contributed by atoms with Crippen LogP contribution in [0.5, 0.6) is 0 Å². The van der Waals surface area contributed by atoms with Crippen molar-refractivity contribution in [3.8, 4) is 0 Å². The molecule has 2 aromatic heterocycles. The molecule has 4 rings (SSSR count). The van der Waals surface area contributed by atoms with Crippen LogP contribution in [0.4, 0.5) is 9.52 Å². The van der Waals surface area contributed by atoms with E-state index in [0.717, 1.165) is 4.88 Å². The van der Waals surface area contributed by atoms with Crippen molar-refractivity contribution in [3.63, 3.8) is 0 Å². The molecule has 0 radical (unpaired) electrons. The SMILES string of the molecule is O=C(CCCN1C(=O)/C(=C/c2cccs2)SC1=S)Nc1nnc(SCc2ccccc2F)s1. The van der Waals surface area contributed by atoms with Crippen molar-refractivity contribution in [3.05, 3.63) is 62.9 Å². The molecule has 6 nitrogen and oxygen atoms in total. The second kappa shape index (κ2) is 11.3. The number of nitrogens with one attached hydrogen (secondary N) is 1. The highest BCUT2D eigenvalue weighted by Gasteiger charge is 2.31. The zero-order chi connectivity index (χ0) is 23.2. The van der Waals surface area contributed by atoms with Gasteiger partial charge >= 0.3 is 0 Å². The number of amides is 2. The second-order valence-electron chi connectivity index (χ2n) is 6.75. The number of thiophene rings is 1. The van der Waals surface area contributed by atoms with E-state index in [4.69, 9.17) is 12.2 Å². The number of aromatic nitrogens is 2. The van der Waals surface area contributed by atoms with Crippen LogP contribution in [0.2, 0.25) is 0 Å². The topological polar surface area (TPSA) is 75.2 Å². The summed E-state index contributed by atoms with van der Waals surface area (Å²) in [5.41, 5.74) is 0.587. The quantitative estimate of drug-likeness (QED) is 0.164. The number of benzene rings is 1. The number of nitrogens with zero attached hydrogens (tertiary/aromatic N) is 3. The van der Waals surface area contributed by atoms with Crippen LogP contribution in [-0.4, -0.2) is 37.8 Å². The van der Waals surface area contributed by atoms with E-state index in [1.807, 2.05) is 23.6 Å². The highest BCUT2D eigenvalue weighted by Crippen LogP contribution is 2.33. The molecule has 0 atom stereocenters. The molecule has 0 unspecified atom stereocenters. The minimum Gasteiger partial charge on any atom is -0.301 e. The van der Waals surface area contributed by atoms with Gasteiger partial charge < -0.3 is 5.32 Å². The molecule has 0 aliphatic carbocycles. The molecule has 1 aliphatic rings. The fraction of sp³-hybridized carbons (Fsp3) is 0.190. The molecule has 0 spiro atoms. The molecule has 1 saturated heterocycles. The first-order valence-corrected chi connectivity index (χ1v) is 13.7. The van der Waals surface area contributed by atoms with Gasteiger partial charge in [-0.25, -0.2) is 4.39 Å². The Hall–Kier alpha value is -2.12. The maximum absolute atomic E-state index is 13.7. The summed E-state index contributed by atoms with van der Waals surface area (Å²) in [6.45, 7) is 0.375. The van der Waals surface area contributed by atoms with E-state index in [2.05, 4.69) is 15.5 Å². The largest absolute Gasteiger partial charge is 0.301 e. The number of anilines is 1. The Labute approximate surface area is 211 Å². The Bertz CT molecular complexity index is 1190. The highest BCUT2D eigenvalue weighted by atomic mass is 32.2. The third-order valence-corrected chi connectivity index (χ3v) is 8.66. The normalized spacial score (nSPS) is 14.9. The minimum absolute atomic E-state index is 0.126. The van der Waals surface area contributed by atoms with Crippen molar-refractivity contribution < 1.29 is 14.0 Å². The Kier molecular flexibility index (Phi) is 8.25. The van der Waals surface area contributed by atoms with Gasteiger partial charge in [-0.05, 0) is 35.6 Å². The molecule has 1 aliphatic heterocycles. The first-order chi connectivity index (χ1) is 16.0. The third-order valence-electron chi connectivity index (χ3n) is 4.44. The van der Waals surface area contributed by atoms with Gasteiger partial charge in [-0.15, -0.1) is 21.5 Å². The first-order valence-electron chi connectivity index (χ1n) is 9.78. The fourth-order valence-corrected chi connectivity index (χ4v) is 6.63. The molecule has 1 N–H and O–H groups in total. The Morgan fingerprint density at radius 1 is 1.24 bits per heavy atom. The molecule has 0 saturated carbocycles. The summed E-state index contributed by atoms with van der Waals surface area (Å²) in [6, 6.07) is 10.4. The van der Waals surface area contributed by atoms with E-state index >= 15 is 0 Å². The van der Waals surface area contributed by atoms with E-state index in [1.54, 1.807) is 29.5 Å². The lowest BCUT2D eigenvalue weighted by molar-refractivity contribution is -0.122. The summed E-state index contributed by atoms with van der Waals surface area (Å²) in [7, 11) is 0.